The lowest BCUT2D eigenvalue weighted by molar-refractivity contribution is 1.00. The molecule has 0 radical (unpaired) electrons. The molecule has 0 aliphatic heterocycles. The first-order valence-electron chi connectivity index (χ1n) is 8.69. The molecule has 0 fully saturated rings. The van der Waals surface area contributed by atoms with Gasteiger partial charge in [0.15, 0.2) is 5.82 Å². The minimum absolute atomic E-state index is 0.0537. The Balaban J connectivity index is 1.79. The average Bonchev–Trinajstić information content (AvgIpc) is 3.23. The Kier molecular flexibility index (Phi) is 4.57. The minimum Gasteiger partial charge on any atom is -0.365 e. The van der Waals surface area contributed by atoms with E-state index in [2.05, 4.69) is 24.1 Å². The van der Waals surface area contributed by atoms with Gasteiger partial charge in [0.05, 0.1) is 10.3 Å². The van der Waals surface area contributed by atoms with Gasteiger partial charge < -0.3 is 10.3 Å². The SMILES string of the molecule is Cc1cc(C)c(CNc2nc(-c3cccs3)nc3sc(C)c(C)c23)c(=O)[nH]1. The van der Waals surface area contributed by atoms with E-state index >= 15 is 0 Å². The van der Waals surface area contributed by atoms with Crippen LogP contribution in [0.25, 0.3) is 20.9 Å². The second kappa shape index (κ2) is 6.90. The summed E-state index contributed by atoms with van der Waals surface area (Å²) in [5.74, 6) is 1.50. The number of fused-ring (bicyclic) bond motifs is 1. The fourth-order valence-corrected chi connectivity index (χ4v) is 4.85. The zero-order chi connectivity index (χ0) is 19.1. The van der Waals surface area contributed by atoms with E-state index in [-0.39, 0.29) is 5.56 Å². The van der Waals surface area contributed by atoms with E-state index in [1.54, 1.807) is 22.7 Å². The predicted octanol–water partition coefficient (Wildman–Crippen LogP) is 4.95. The molecule has 0 saturated heterocycles. The van der Waals surface area contributed by atoms with Gasteiger partial charge in [-0.2, -0.15) is 0 Å². The summed E-state index contributed by atoms with van der Waals surface area (Å²) < 4.78 is 0. The van der Waals surface area contributed by atoms with E-state index in [9.17, 15) is 4.79 Å². The first kappa shape index (κ1) is 17.9. The lowest BCUT2D eigenvalue weighted by Crippen LogP contribution is -2.19. The highest BCUT2D eigenvalue weighted by Gasteiger charge is 2.16. The Morgan fingerprint density at radius 2 is 2.00 bits per heavy atom. The minimum atomic E-state index is -0.0537. The van der Waals surface area contributed by atoms with E-state index in [1.807, 2.05) is 37.4 Å². The lowest BCUT2D eigenvalue weighted by Gasteiger charge is -2.11. The summed E-state index contributed by atoms with van der Waals surface area (Å²) in [5, 5.41) is 6.47. The average molecular weight is 397 g/mol. The lowest BCUT2D eigenvalue weighted by atomic mass is 10.1. The summed E-state index contributed by atoms with van der Waals surface area (Å²) in [5.41, 5.74) is 3.71. The Morgan fingerprint density at radius 3 is 2.70 bits per heavy atom. The predicted molar refractivity (Wildman–Crippen MR) is 114 cm³/mol. The molecule has 0 atom stereocenters. The molecule has 0 spiro atoms. The molecule has 0 saturated carbocycles. The van der Waals surface area contributed by atoms with Crippen molar-refractivity contribution in [2.24, 2.45) is 0 Å². The molecule has 7 heteroatoms. The van der Waals surface area contributed by atoms with Gasteiger partial charge in [0, 0.05) is 22.7 Å². The van der Waals surface area contributed by atoms with Crippen molar-refractivity contribution in [1.82, 2.24) is 15.0 Å². The first-order valence-corrected chi connectivity index (χ1v) is 10.4. The van der Waals surface area contributed by atoms with E-state index in [1.165, 1.54) is 10.4 Å². The van der Waals surface area contributed by atoms with Gasteiger partial charge in [0.1, 0.15) is 10.6 Å². The number of aromatic amines is 1. The maximum atomic E-state index is 12.3. The van der Waals surface area contributed by atoms with Gasteiger partial charge in [-0.05, 0) is 56.3 Å². The molecular formula is C20H20N4OS2. The maximum absolute atomic E-state index is 12.3. The van der Waals surface area contributed by atoms with Crippen molar-refractivity contribution in [3.05, 3.63) is 61.2 Å². The van der Waals surface area contributed by atoms with Crippen LogP contribution >= 0.6 is 22.7 Å². The van der Waals surface area contributed by atoms with Crippen LogP contribution in [0, 0.1) is 27.7 Å². The molecule has 5 nitrogen and oxygen atoms in total. The van der Waals surface area contributed by atoms with Gasteiger partial charge in [-0.1, -0.05) is 6.07 Å². The highest BCUT2D eigenvalue weighted by molar-refractivity contribution is 7.19. The van der Waals surface area contributed by atoms with E-state index in [0.29, 0.717) is 6.54 Å². The van der Waals surface area contributed by atoms with E-state index in [4.69, 9.17) is 9.97 Å². The summed E-state index contributed by atoms with van der Waals surface area (Å²) in [6.07, 6.45) is 0. The smallest absolute Gasteiger partial charge is 0.253 e. The molecule has 4 aromatic heterocycles. The number of hydrogen-bond acceptors (Lipinski definition) is 6. The van der Waals surface area contributed by atoms with Crippen molar-refractivity contribution in [1.29, 1.82) is 0 Å². The van der Waals surface area contributed by atoms with Gasteiger partial charge in [-0.15, -0.1) is 22.7 Å². The van der Waals surface area contributed by atoms with Crippen LogP contribution in [0.5, 0.6) is 0 Å². The molecule has 0 unspecified atom stereocenters. The topological polar surface area (TPSA) is 70.7 Å². The Labute approximate surface area is 165 Å². The van der Waals surface area contributed by atoms with E-state index < -0.39 is 0 Å². The van der Waals surface area contributed by atoms with Crippen LogP contribution in [-0.2, 0) is 6.54 Å². The van der Waals surface area contributed by atoms with Gasteiger partial charge >= 0.3 is 0 Å². The first-order chi connectivity index (χ1) is 12.9. The number of rotatable bonds is 4. The molecule has 138 valence electrons. The molecule has 4 heterocycles. The second-order valence-electron chi connectivity index (χ2n) is 6.63. The summed E-state index contributed by atoms with van der Waals surface area (Å²) in [7, 11) is 0. The zero-order valence-electron chi connectivity index (χ0n) is 15.6. The monoisotopic (exact) mass is 396 g/mol. The van der Waals surface area contributed by atoms with Crippen LogP contribution in [0.1, 0.15) is 27.3 Å². The fourth-order valence-electron chi connectivity index (χ4n) is 3.17. The summed E-state index contributed by atoms with van der Waals surface area (Å²) in [4.78, 5) is 28.0. The highest BCUT2D eigenvalue weighted by Crippen LogP contribution is 2.35. The Morgan fingerprint density at radius 1 is 1.19 bits per heavy atom. The van der Waals surface area contributed by atoms with Crippen LogP contribution in [0.2, 0.25) is 0 Å². The Bertz CT molecular complexity index is 1190. The number of pyridine rings is 1. The van der Waals surface area contributed by atoms with Gasteiger partial charge in [-0.3, -0.25) is 4.79 Å². The number of nitrogens with one attached hydrogen (secondary N) is 2. The second-order valence-corrected chi connectivity index (χ2v) is 8.78. The van der Waals surface area contributed by atoms with Crippen molar-refractivity contribution < 1.29 is 0 Å². The molecule has 4 aromatic rings. The zero-order valence-corrected chi connectivity index (χ0v) is 17.3. The van der Waals surface area contributed by atoms with Gasteiger partial charge in [0.25, 0.3) is 5.56 Å². The molecule has 0 aliphatic rings. The molecule has 0 aliphatic carbocycles. The largest absolute Gasteiger partial charge is 0.365 e. The highest BCUT2D eigenvalue weighted by atomic mass is 32.1. The van der Waals surface area contributed by atoms with Gasteiger partial charge in [-0.25, -0.2) is 9.97 Å². The number of H-pyrrole nitrogens is 1. The third kappa shape index (κ3) is 3.28. The number of nitrogens with zero attached hydrogens (tertiary/aromatic N) is 2. The Hall–Kier alpha value is -2.51. The molecule has 0 amide bonds. The van der Waals surface area contributed by atoms with Crippen LogP contribution in [0.3, 0.4) is 0 Å². The molecule has 0 bridgehead atoms. The van der Waals surface area contributed by atoms with Crippen molar-refractivity contribution in [2.75, 3.05) is 5.32 Å². The summed E-state index contributed by atoms with van der Waals surface area (Å²) in [6.45, 7) is 8.48. The maximum Gasteiger partial charge on any atom is 0.253 e. The molecule has 2 N–H and O–H groups in total. The van der Waals surface area contributed by atoms with E-state index in [0.717, 1.165) is 43.6 Å². The number of hydrogen-bond donors (Lipinski definition) is 2. The van der Waals surface area contributed by atoms with Crippen molar-refractivity contribution in [3.8, 4) is 10.7 Å². The van der Waals surface area contributed by atoms with Crippen LogP contribution in [0.15, 0.2) is 28.4 Å². The molecule has 0 aromatic carbocycles. The third-order valence-corrected chi connectivity index (χ3v) is 6.66. The molecular weight excluding hydrogens is 376 g/mol. The quantitative estimate of drug-likeness (QED) is 0.512. The number of aromatic nitrogens is 3. The fraction of sp³-hybridized carbons (Fsp3) is 0.250. The third-order valence-electron chi connectivity index (χ3n) is 4.70. The molecule has 4 rings (SSSR count). The summed E-state index contributed by atoms with van der Waals surface area (Å²) >= 11 is 3.30. The standard InChI is InChI=1S/C20H20N4OS2/c1-10-8-11(2)22-19(25)14(10)9-21-18-16-12(3)13(4)27-20(16)24-17(23-18)15-6-5-7-26-15/h5-8H,9H2,1-4H3,(H,22,25)(H,21,23,24). The van der Waals surface area contributed by atoms with Crippen molar-refractivity contribution in [3.63, 3.8) is 0 Å². The number of anilines is 1. The van der Waals surface area contributed by atoms with Gasteiger partial charge in [0.2, 0.25) is 0 Å². The normalized spacial score (nSPS) is 11.3. The summed E-state index contributed by atoms with van der Waals surface area (Å²) in [6, 6.07) is 6.02. The van der Waals surface area contributed by atoms with Crippen molar-refractivity contribution >= 4 is 38.7 Å². The molecule has 27 heavy (non-hydrogen) atoms. The van der Waals surface area contributed by atoms with Crippen LogP contribution < -0.4 is 10.9 Å². The van der Waals surface area contributed by atoms with Crippen LogP contribution in [0.4, 0.5) is 5.82 Å². The van der Waals surface area contributed by atoms with Crippen LogP contribution in [-0.4, -0.2) is 15.0 Å². The van der Waals surface area contributed by atoms with Crippen molar-refractivity contribution in [2.45, 2.75) is 34.2 Å². The number of aryl methyl sites for hydroxylation is 4. The number of thiophene rings is 2.